The highest BCUT2D eigenvalue weighted by Crippen LogP contribution is 2.29. The summed E-state index contributed by atoms with van der Waals surface area (Å²) < 4.78 is 10.4. The highest BCUT2D eigenvalue weighted by Gasteiger charge is 2.14. The van der Waals surface area contributed by atoms with Gasteiger partial charge in [0.2, 0.25) is 5.91 Å². The molecule has 0 aliphatic heterocycles. The maximum Gasteiger partial charge on any atom is 0.235 e. The second-order valence-corrected chi connectivity index (χ2v) is 3.80. The van der Waals surface area contributed by atoms with E-state index in [0.717, 1.165) is 5.56 Å². The molecular weight excluding hydrogens is 242 g/mol. The van der Waals surface area contributed by atoms with E-state index in [1.807, 2.05) is 13.0 Å². The number of halogens is 1. The molecule has 1 rings (SSSR count). The molecule has 0 aromatic heterocycles. The Morgan fingerprint density at radius 2 is 2.12 bits per heavy atom. The molecule has 0 saturated heterocycles. The summed E-state index contributed by atoms with van der Waals surface area (Å²) >= 11 is 5.45. The summed E-state index contributed by atoms with van der Waals surface area (Å²) in [6.45, 7) is 1.86. The maximum atomic E-state index is 11.2. The molecule has 1 atom stereocenters. The van der Waals surface area contributed by atoms with Crippen molar-refractivity contribution in [3.8, 4) is 11.5 Å². The molecule has 5 heteroatoms. The minimum absolute atomic E-state index is 0.0589. The van der Waals surface area contributed by atoms with Gasteiger partial charge in [0.15, 0.2) is 0 Å². The van der Waals surface area contributed by atoms with Crippen LogP contribution < -0.4 is 14.8 Å². The van der Waals surface area contributed by atoms with Crippen molar-refractivity contribution in [1.82, 2.24) is 5.32 Å². The first-order valence-corrected chi connectivity index (χ1v) is 5.73. The monoisotopic (exact) mass is 257 g/mol. The van der Waals surface area contributed by atoms with Crippen molar-refractivity contribution in [3.05, 3.63) is 23.8 Å². The second-order valence-electron chi connectivity index (χ2n) is 3.53. The Bertz CT molecular complexity index is 395. The largest absolute Gasteiger partial charge is 0.497 e. The average Bonchev–Trinajstić information content (AvgIpc) is 2.37. The summed E-state index contributed by atoms with van der Waals surface area (Å²) in [5.41, 5.74) is 0.852. The number of methoxy groups -OCH3 is 2. The first-order valence-electron chi connectivity index (χ1n) is 5.19. The van der Waals surface area contributed by atoms with E-state index in [1.165, 1.54) is 0 Å². The Hall–Kier alpha value is -1.42. The van der Waals surface area contributed by atoms with E-state index in [-0.39, 0.29) is 17.8 Å². The van der Waals surface area contributed by atoms with Crippen LogP contribution in [-0.4, -0.2) is 26.0 Å². The van der Waals surface area contributed by atoms with Crippen LogP contribution in [0.1, 0.15) is 18.5 Å². The van der Waals surface area contributed by atoms with Gasteiger partial charge in [-0.3, -0.25) is 4.79 Å². The van der Waals surface area contributed by atoms with E-state index in [0.29, 0.717) is 11.5 Å². The molecule has 1 aromatic rings. The molecule has 94 valence electrons. The van der Waals surface area contributed by atoms with Crippen LogP contribution in [0.5, 0.6) is 11.5 Å². The van der Waals surface area contributed by atoms with Crippen LogP contribution in [0.2, 0.25) is 0 Å². The lowest BCUT2D eigenvalue weighted by Crippen LogP contribution is -2.27. The van der Waals surface area contributed by atoms with E-state index >= 15 is 0 Å². The van der Waals surface area contributed by atoms with Crippen molar-refractivity contribution in [1.29, 1.82) is 0 Å². The molecule has 0 aliphatic carbocycles. The van der Waals surface area contributed by atoms with Crippen LogP contribution in [0.3, 0.4) is 0 Å². The molecule has 0 saturated carbocycles. The summed E-state index contributed by atoms with van der Waals surface area (Å²) in [7, 11) is 3.18. The smallest absolute Gasteiger partial charge is 0.235 e. The molecule has 0 bridgehead atoms. The Morgan fingerprint density at radius 1 is 1.41 bits per heavy atom. The maximum absolute atomic E-state index is 11.2. The summed E-state index contributed by atoms with van der Waals surface area (Å²) in [5.74, 6) is 1.14. The lowest BCUT2D eigenvalue weighted by Gasteiger charge is -2.17. The fourth-order valence-electron chi connectivity index (χ4n) is 1.54. The number of carbonyl (C=O) groups is 1. The SMILES string of the molecule is COc1ccc(OC)c([C@@H](C)NC(=O)CCl)c1. The second kappa shape index (κ2) is 6.35. The van der Waals surface area contributed by atoms with Crippen molar-refractivity contribution in [2.45, 2.75) is 13.0 Å². The number of amides is 1. The molecule has 4 nitrogen and oxygen atoms in total. The summed E-state index contributed by atoms with van der Waals surface area (Å²) in [5, 5.41) is 2.77. The third-order valence-corrected chi connectivity index (χ3v) is 2.64. The first-order chi connectivity index (χ1) is 8.12. The van der Waals surface area contributed by atoms with Gasteiger partial charge in [0.25, 0.3) is 0 Å². The van der Waals surface area contributed by atoms with Gasteiger partial charge in [0.1, 0.15) is 17.4 Å². The van der Waals surface area contributed by atoms with Gasteiger partial charge in [-0.15, -0.1) is 11.6 Å². The van der Waals surface area contributed by atoms with Crippen LogP contribution in [0.4, 0.5) is 0 Å². The van der Waals surface area contributed by atoms with E-state index in [2.05, 4.69) is 5.32 Å². The van der Waals surface area contributed by atoms with Crippen LogP contribution in [-0.2, 0) is 4.79 Å². The number of hydrogen-bond donors (Lipinski definition) is 1. The molecule has 1 N–H and O–H groups in total. The van der Waals surface area contributed by atoms with Crippen LogP contribution in [0.15, 0.2) is 18.2 Å². The molecule has 1 aromatic carbocycles. The highest BCUT2D eigenvalue weighted by molar-refractivity contribution is 6.27. The Balaban J connectivity index is 2.96. The van der Waals surface area contributed by atoms with Crippen molar-refractivity contribution in [3.63, 3.8) is 0 Å². The number of rotatable bonds is 5. The fourth-order valence-corrected chi connectivity index (χ4v) is 1.61. The predicted molar refractivity (Wildman–Crippen MR) is 66.8 cm³/mol. The van der Waals surface area contributed by atoms with Gasteiger partial charge in [-0.2, -0.15) is 0 Å². The van der Waals surface area contributed by atoms with Gasteiger partial charge >= 0.3 is 0 Å². The van der Waals surface area contributed by atoms with E-state index in [1.54, 1.807) is 26.4 Å². The minimum Gasteiger partial charge on any atom is -0.497 e. The zero-order chi connectivity index (χ0) is 12.8. The molecule has 0 heterocycles. The van der Waals surface area contributed by atoms with Crippen LogP contribution >= 0.6 is 11.6 Å². The Labute approximate surface area is 106 Å². The quantitative estimate of drug-likeness (QED) is 0.822. The minimum atomic E-state index is -0.218. The van der Waals surface area contributed by atoms with Crippen molar-refractivity contribution >= 4 is 17.5 Å². The zero-order valence-electron chi connectivity index (χ0n) is 10.1. The molecule has 0 radical (unpaired) electrons. The lowest BCUT2D eigenvalue weighted by molar-refractivity contribution is -0.119. The molecule has 0 aliphatic rings. The molecule has 1 amide bonds. The lowest BCUT2D eigenvalue weighted by atomic mass is 10.1. The van der Waals surface area contributed by atoms with Gasteiger partial charge in [-0.05, 0) is 25.1 Å². The Morgan fingerprint density at radius 3 is 2.65 bits per heavy atom. The number of benzene rings is 1. The van der Waals surface area contributed by atoms with Crippen molar-refractivity contribution in [2.24, 2.45) is 0 Å². The van der Waals surface area contributed by atoms with Gasteiger partial charge in [-0.1, -0.05) is 0 Å². The van der Waals surface area contributed by atoms with Gasteiger partial charge < -0.3 is 14.8 Å². The highest BCUT2D eigenvalue weighted by atomic mass is 35.5. The number of alkyl halides is 1. The topological polar surface area (TPSA) is 47.6 Å². The molecule has 0 fully saturated rings. The number of carbonyl (C=O) groups excluding carboxylic acids is 1. The normalized spacial score (nSPS) is 11.8. The van der Waals surface area contributed by atoms with E-state index < -0.39 is 0 Å². The van der Waals surface area contributed by atoms with E-state index in [9.17, 15) is 4.79 Å². The van der Waals surface area contributed by atoms with E-state index in [4.69, 9.17) is 21.1 Å². The summed E-state index contributed by atoms with van der Waals surface area (Å²) in [6.07, 6.45) is 0. The summed E-state index contributed by atoms with van der Waals surface area (Å²) in [4.78, 5) is 11.2. The number of nitrogens with one attached hydrogen (secondary N) is 1. The number of hydrogen-bond acceptors (Lipinski definition) is 3. The van der Waals surface area contributed by atoms with Crippen LogP contribution in [0.25, 0.3) is 0 Å². The fraction of sp³-hybridized carbons (Fsp3) is 0.417. The summed E-state index contributed by atoms with van der Waals surface area (Å²) in [6, 6.07) is 5.25. The standard InChI is InChI=1S/C12H16ClNO3/c1-8(14-12(15)7-13)10-6-9(16-2)4-5-11(10)17-3/h4-6,8H,7H2,1-3H3,(H,14,15)/t8-/m1/s1. The zero-order valence-corrected chi connectivity index (χ0v) is 10.9. The average molecular weight is 258 g/mol. The van der Waals surface area contributed by atoms with Gasteiger partial charge in [0, 0.05) is 5.56 Å². The number of ether oxygens (including phenoxy) is 2. The van der Waals surface area contributed by atoms with Crippen molar-refractivity contribution < 1.29 is 14.3 Å². The molecular formula is C12H16ClNO3. The first kappa shape index (κ1) is 13.6. The third kappa shape index (κ3) is 3.53. The third-order valence-electron chi connectivity index (χ3n) is 2.40. The van der Waals surface area contributed by atoms with Crippen LogP contribution in [0, 0.1) is 0 Å². The van der Waals surface area contributed by atoms with Crippen molar-refractivity contribution in [2.75, 3.05) is 20.1 Å². The van der Waals surface area contributed by atoms with Gasteiger partial charge in [0.05, 0.1) is 20.3 Å². The Kier molecular flexibility index (Phi) is 5.10. The molecule has 17 heavy (non-hydrogen) atoms. The van der Waals surface area contributed by atoms with Gasteiger partial charge in [-0.25, -0.2) is 0 Å². The molecule has 0 unspecified atom stereocenters. The predicted octanol–water partition coefficient (Wildman–Crippen LogP) is 2.12. The molecule has 0 spiro atoms.